The number of aromatic nitrogens is 1. The van der Waals surface area contributed by atoms with Crippen molar-refractivity contribution in [3.05, 3.63) is 57.4 Å². The van der Waals surface area contributed by atoms with E-state index in [0.29, 0.717) is 0 Å². The third kappa shape index (κ3) is 2.68. The van der Waals surface area contributed by atoms with Crippen molar-refractivity contribution in [3.63, 3.8) is 0 Å². The molecule has 2 aromatic rings. The number of carbonyl (C=O) groups is 1. The molecule has 10 heteroatoms. The number of nitro groups is 1. The molecule has 0 radical (unpaired) electrons. The molecule has 0 aliphatic heterocycles. The zero-order chi connectivity index (χ0) is 16.5. The number of hydrogen-bond donors (Lipinski definition) is 0. The molecule has 0 amide bonds. The second-order valence-electron chi connectivity index (χ2n) is 4.07. The van der Waals surface area contributed by atoms with Gasteiger partial charge >= 0.3 is 5.97 Å². The van der Waals surface area contributed by atoms with Gasteiger partial charge in [-0.25, -0.2) is 17.2 Å². The van der Waals surface area contributed by atoms with Crippen LogP contribution in [0.1, 0.15) is 10.4 Å². The van der Waals surface area contributed by atoms with Crippen LogP contribution in [0.15, 0.2) is 41.6 Å². The summed E-state index contributed by atoms with van der Waals surface area (Å²) in [6.07, 6.45) is 2.48. The molecule has 0 fully saturated rings. The minimum Gasteiger partial charge on any atom is -0.465 e. The van der Waals surface area contributed by atoms with Gasteiger partial charge in [-0.15, -0.1) is 0 Å². The fraction of sp³-hybridized carbons (Fsp3) is 0.0833. The second-order valence-corrected chi connectivity index (χ2v) is 6.26. The van der Waals surface area contributed by atoms with Crippen molar-refractivity contribution in [1.82, 2.24) is 3.97 Å². The van der Waals surface area contributed by atoms with Gasteiger partial charge in [0.1, 0.15) is 9.92 Å². The summed E-state index contributed by atoms with van der Waals surface area (Å²) in [5.74, 6) is -0.913. The fourth-order valence-electron chi connectivity index (χ4n) is 1.73. The molecule has 0 aliphatic rings. The van der Waals surface area contributed by atoms with E-state index in [1.165, 1.54) is 24.5 Å². The first-order chi connectivity index (χ1) is 10.3. The first-order valence-electron chi connectivity index (χ1n) is 5.74. The lowest BCUT2D eigenvalue weighted by Gasteiger charge is -2.09. The normalized spacial score (nSPS) is 11.2. The van der Waals surface area contributed by atoms with Gasteiger partial charge in [-0.05, 0) is 18.2 Å². The monoisotopic (exact) mass is 344 g/mol. The van der Waals surface area contributed by atoms with E-state index in [0.717, 1.165) is 23.2 Å². The maximum Gasteiger partial charge on any atom is 0.338 e. The summed E-state index contributed by atoms with van der Waals surface area (Å²) >= 11 is 5.84. The van der Waals surface area contributed by atoms with Crippen LogP contribution in [0.5, 0.6) is 0 Å². The van der Waals surface area contributed by atoms with Crippen LogP contribution >= 0.6 is 11.6 Å². The highest BCUT2D eigenvalue weighted by Crippen LogP contribution is 2.34. The molecule has 1 heterocycles. The molecule has 0 saturated carbocycles. The summed E-state index contributed by atoms with van der Waals surface area (Å²) < 4.78 is 30.2. The molecule has 0 atom stereocenters. The van der Waals surface area contributed by atoms with Crippen LogP contribution in [0.4, 0.5) is 5.69 Å². The highest BCUT2D eigenvalue weighted by Gasteiger charge is 2.29. The molecule has 0 N–H and O–H groups in total. The predicted octanol–water partition coefficient (Wildman–Crippen LogP) is 2.07. The van der Waals surface area contributed by atoms with Gasteiger partial charge in [0.05, 0.1) is 17.6 Å². The van der Waals surface area contributed by atoms with Gasteiger partial charge in [0, 0.05) is 18.5 Å². The standard InChI is InChI=1S/C12H9ClN2O6S/c1-21-12(16)8-6-9(15(17)18)11(13)10(7-8)22(19,20)14-4-2-3-5-14/h2-7H,1H3. The Morgan fingerprint density at radius 1 is 1.32 bits per heavy atom. The first kappa shape index (κ1) is 16.0. The number of halogens is 1. The van der Waals surface area contributed by atoms with Crippen molar-refractivity contribution in [3.8, 4) is 0 Å². The Bertz CT molecular complexity index is 845. The smallest absolute Gasteiger partial charge is 0.338 e. The molecule has 0 spiro atoms. The topological polar surface area (TPSA) is 109 Å². The van der Waals surface area contributed by atoms with E-state index in [2.05, 4.69) is 4.74 Å². The van der Waals surface area contributed by atoms with Crippen LogP contribution in [0.2, 0.25) is 5.02 Å². The van der Waals surface area contributed by atoms with Crippen molar-refractivity contribution >= 4 is 33.3 Å². The Morgan fingerprint density at radius 2 is 1.91 bits per heavy atom. The number of hydrogen-bond acceptors (Lipinski definition) is 6. The average Bonchev–Trinajstić information content (AvgIpc) is 3.01. The van der Waals surface area contributed by atoms with E-state index >= 15 is 0 Å². The van der Waals surface area contributed by atoms with Crippen LogP contribution in [0.25, 0.3) is 0 Å². The number of nitrogens with zero attached hydrogens (tertiary/aromatic N) is 2. The SMILES string of the molecule is COC(=O)c1cc([N+](=O)[O-])c(Cl)c(S(=O)(=O)n2cccc2)c1. The predicted molar refractivity (Wildman–Crippen MR) is 76.5 cm³/mol. The molecule has 0 saturated heterocycles. The Balaban J connectivity index is 2.78. The number of ether oxygens (including phenoxy) is 1. The van der Waals surface area contributed by atoms with Crippen molar-refractivity contribution in [2.24, 2.45) is 0 Å². The first-order valence-corrected chi connectivity index (χ1v) is 7.55. The molecular formula is C12H9ClN2O6S. The summed E-state index contributed by atoms with van der Waals surface area (Å²) in [6.45, 7) is 0. The van der Waals surface area contributed by atoms with Crippen molar-refractivity contribution in [2.45, 2.75) is 4.90 Å². The minimum atomic E-state index is -4.17. The zero-order valence-electron chi connectivity index (χ0n) is 11.1. The molecule has 1 aromatic heterocycles. The number of carbonyl (C=O) groups excluding carboxylic acids is 1. The molecule has 0 bridgehead atoms. The van der Waals surface area contributed by atoms with Gasteiger partial charge in [-0.2, -0.15) is 0 Å². The van der Waals surface area contributed by atoms with E-state index in [4.69, 9.17) is 11.6 Å². The van der Waals surface area contributed by atoms with E-state index in [1.807, 2.05) is 0 Å². The van der Waals surface area contributed by atoms with Crippen LogP contribution in [-0.2, 0) is 14.8 Å². The maximum absolute atomic E-state index is 12.5. The van der Waals surface area contributed by atoms with Gasteiger partial charge < -0.3 is 4.74 Å². The largest absolute Gasteiger partial charge is 0.465 e. The number of benzene rings is 1. The molecule has 22 heavy (non-hydrogen) atoms. The molecule has 1 aromatic carbocycles. The van der Waals surface area contributed by atoms with Gasteiger partial charge in [-0.3, -0.25) is 10.1 Å². The molecule has 2 rings (SSSR count). The van der Waals surface area contributed by atoms with Gasteiger partial charge in [0.15, 0.2) is 0 Å². The van der Waals surface area contributed by atoms with E-state index in [-0.39, 0.29) is 5.56 Å². The van der Waals surface area contributed by atoms with Crippen LogP contribution in [0.3, 0.4) is 0 Å². The van der Waals surface area contributed by atoms with Crippen LogP contribution in [0, 0.1) is 10.1 Å². The Morgan fingerprint density at radius 3 is 2.41 bits per heavy atom. The Kier molecular flexibility index (Phi) is 4.20. The summed E-state index contributed by atoms with van der Waals surface area (Å²) in [6, 6.07) is 4.73. The summed E-state index contributed by atoms with van der Waals surface area (Å²) in [5, 5.41) is 10.4. The molecule has 116 valence electrons. The van der Waals surface area contributed by atoms with E-state index in [9.17, 15) is 23.3 Å². The van der Waals surface area contributed by atoms with Crippen LogP contribution in [-0.4, -0.2) is 30.4 Å². The lowest BCUT2D eigenvalue weighted by Crippen LogP contribution is -2.14. The summed E-state index contributed by atoms with van der Waals surface area (Å²) in [5.41, 5.74) is -0.986. The molecule has 8 nitrogen and oxygen atoms in total. The summed E-state index contributed by atoms with van der Waals surface area (Å²) in [4.78, 5) is 21.2. The lowest BCUT2D eigenvalue weighted by atomic mass is 10.2. The third-order valence-corrected chi connectivity index (χ3v) is 4.96. The number of rotatable bonds is 4. The molecular weight excluding hydrogens is 336 g/mol. The number of nitro benzene ring substituents is 1. The Labute approximate surface area is 130 Å². The quantitative estimate of drug-likeness (QED) is 0.477. The van der Waals surface area contributed by atoms with Crippen molar-refractivity contribution in [2.75, 3.05) is 7.11 Å². The lowest BCUT2D eigenvalue weighted by molar-refractivity contribution is -0.384. The second kappa shape index (κ2) is 5.78. The van der Waals surface area contributed by atoms with Gasteiger partial charge in [0.2, 0.25) is 0 Å². The summed E-state index contributed by atoms with van der Waals surface area (Å²) in [7, 11) is -3.10. The Hall–Kier alpha value is -2.39. The highest BCUT2D eigenvalue weighted by atomic mass is 35.5. The molecule has 0 unspecified atom stereocenters. The van der Waals surface area contributed by atoms with E-state index < -0.39 is 36.5 Å². The maximum atomic E-state index is 12.5. The van der Waals surface area contributed by atoms with Crippen molar-refractivity contribution < 1.29 is 22.9 Å². The van der Waals surface area contributed by atoms with Gasteiger partial charge in [0.25, 0.3) is 15.7 Å². The third-order valence-electron chi connectivity index (χ3n) is 2.77. The number of methoxy groups -OCH3 is 1. The fourth-order valence-corrected chi connectivity index (χ4v) is 3.50. The van der Waals surface area contributed by atoms with E-state index in [1.54, 1.807) is 0 Å². The average molecular weight is 345 g/mol. The minimum absolute atomic E-state index is 0.288. The zero-order valence-corrected chi connectivity index (χ0v) is 12.7. The van der Waals surface area contributed by atoms with Crippen molar-refractivity contribution in [1.29, 1.82) is 0 Å². The van der Waals surface area contributed by atoms with Gasteiger partial charge in [-0.1, -0.05) is 11.6 Å². The number of esters is 1. The molecule has 0 aliphatic carbocycles. The highest BCUT2D eigenvalue weighted by molar-refractivity contribution is 7.90. The van der Waals surface area contributed by atoms with Crippen LogP contribution < -0.4 is 0 Å².